The van der Waals surface area contributed by atoms with E-state index in [9.17, 15) is 4.79 Å². The molecule has 0 aliphatic carbocycles. The van der Waals surface area contributed by atoms with Crippen molar-refractivity contribution in [3.05, 3.63) is 38.8 Å². The minimum absolute atomic E-state index is 0.712. The minimum atomic E-state index is 0.712. The Morgan fingerprint density at radius 1 is 1.57 bits per heavy atom. The summed E-state index contributed by atoms with van der Waals surface area (Å²) in [6.45, 7) is 0.712. The second kappa shape index (κ2) is 4.06. The average Bonchev–Trinajstić information content (AvgIpc) is 2.76. The lowest BCUT2D eigenvalue weighted by Crippen LogP contribution is -1.97. The van der Waals surface area contributed by atoms with Crippen molar-refractivity contribution in [1.82, 2.24) is 9.78 Å². The van der Waals surface area contributed by atoms with Gasteiger partial charge in [-0.05, 0) is 28.1 Å². The smallest absolute Gasteiger partial charge is 0.160 e. The first-order valence-corrected chi connectivity index (χ1v) is 5.61. The molecule has 0 unspecified atom stereocenters. The highest BCUT2D eigenvalue weighted by Gasteiger charge is 2.01. The SMILES string of the molecule is O=Cc1ccc(Cn2cc(Br)cn2)s1. The summed E-state index contributed by atoms with van der Waals surface area (Å²) >= 11 is 4.82. The van der Waals surface area contributed by atoms with Crippen molar-refractivity contribution in [3.8, 4) is 0 Å². The third-order valence-electron chi connectivity index (χ3n) is 1.72. The third kappa shape index (κ3) is 2.10. The molecule has 14 heavy (non-hydrogen) atoms. The molecule has 0 spiro atoms. The molecule has 72 valence electrons. The third-order valence-corrected chi connectivity index (χ3v) is 3.12. The van der Waals surface area contributed by atoms with Crippen LogP contribution in [0.25, 0.3) is 0 Å². The van der Waals surface area contributed by atoms with Gasteiger partial charge in [0.05, 0.1) is 22.1 Å². The lowest BCUT2D eigenvalue weighted by Gasteiger charge is -1.96. The Morgan fingerprint density at radius 3 is 3.00 bits per heavy atom. The molecule has 2 rings (SSSR count). The fourth-order valence-corrected chi connectivity index (χ4v) is 2.28. The second-order valence-electron chi connectivity index (χ2n) is 2.78. The van der Waals surface area contributed by atoms with Crippen molar-refractivity contribution in [2.45, 2.75) is 6.54 Å². The van der Waals surface area contributed by atoms with E-state index in [0.29, 0.717) is 6.54 Å². The van der Waals surface area contributed by atoms with Crippen LogP contribution in [0.3, 0.4) is 0 Å². The van der Waals surface area contributed by atoms with E-state index < -0.39 is 0 Å². The van der Waals surface area contributed by atoms with Gasteiger partial charge in [-0.15, -0.1) is 11.3 Å². The van der Waals surface area contributed by atoms with Crippen LogP contribution in [-0.4, -0.2) is 16.1 Å². The van der Waals surface area contributed by atoms with Gasteiger partial charge in [0.2, 0.25) is 0 Å². The summed E-state index contributed by atoms with van der Waals surface area (Å²) in [6.07, 6.45) is 4.52. The number of halogens is 1. The number of nitrogens with zero attached hydrogens (tertiary/aromatic N) is 2. The first-order chi connectivity index (χ1) is 6.78. The number of thiophene rings is 1. The first-order valence-electron chi connectivity index (χ1n) is 4.00. The summed E-state index contributed by atoms with van der Waals surface area (Å²) in [4.78, 5) is 12.3. The van der Waals surface area contributed by atoms with Gasteiger partial charge in [0.1, 0.15) is 0 Å². The van der Waals surface area contributed by atoms with Crippen LogP contribution in [0.1, 0.15) is 14.5 Å². The molecule has 0 atom stereocenters. The molecule has 3 nitrogen and oxygen atoms in total. The van der Waals surface area contributed by atoms with Crippen LogP contribution >= 0.6 is 27.3 Å². The van der Waals surface area contributed by atoms with E-state index >= 15 is 0 Å². The second-order valence-corrected chi connectivity index (χ2v) is 4.89. The fraction of sp³-hybridized carbons (Fsp3) is 0.111. The van der Waals surface area contributed by atoms with Gasteiger partial charge in [-0.1, -0.05) is 0 Å². The summed E-state index contributed by atoms with van der Waals surface area (Å²) in [5, 5.41) is 4.13. The Morgan fingerprint density at radius 2 is 2.43 bits per heavy atom. The Hall–Kier alpha value is -0.940. The van der Waals surface area contributed by atoms with Gasteiger partial charge in [0.25, 0.3) is 0 Å². The Kier molecular flexibility index (Phi) is 2.79. The van der Waals surface area contributed by atoms with Crippen molar-refractivity contribution >= 4 is 33.6 Å². The lowest BCUT2D eigenvalue weighted by atomic mass is 10.4. The quantitative estimate of drug-likeness (QED) is 0.804. The molecule has 0 amide bonds. The average molecular weight is 271 g/mol. The van der Waals surface area contributed by atoms with Crippen molar-refractivity contribution < 1.29 is 4.79 Å². The van der Waals surface area contributed by atoms with Gasteiger partial charge in [-0.25, -0.2) is 0 Å². The maximum absolute atomic E-state index is 10.5. The molecule has 0 aliphatic rings. The zero-order chi connectivity index (χ0) is 9.97. The van der Waals surface area contributed by atoms with E-state index in [0.717, 1.165) is 20.5 Å². The molecular formula is C9H7BrN2OS. The fourth-order valence-electron chi connectivity index (χ4n) is 1.13. The standard InChI is InChI=1S/C9H7BrN2OS/c10-7-3-11-12(4-7)5-8-1-2-9(6-13)14-8/h1-4,6H,5H2. The van der Waals surface area contributed by atoms with Gasteiger partial charge in [0.15, 0.2) is 6.29 Å². The number of aromatic nitrogens is 2. The highest BCUT2D eigenvalue weighted by atomic mass is 79.9. The molecule has 2 aromatic rings. The monoisotopic (exact) mass is 270 g/mol. The number of hydrogen-bond donors (Lipinski definition) is 0. The van der Waals surface area contributed by atoms with Crippen molar-refractivity contribution in [1.29, 1.82) is 0 Å². The van der Waals surface area contributed by atoms with Crippen LogP contribution in [0, 0.1) is 0 Å². The molecule has 0 bridgehead atoms. The molecular weight excluding hydrogens is 264 g/mol. The number of rotatable bonds is 3. The lowest BCUT2D eigenvalue weighted by molar-refractivity contribution is 0.112. The zero-order valence-corrected chi connectivity index (χ0v) is 9.59. The van der Waals surface area contributed by atoms with E-state index in [-0.39, 0.29) is 0 Å². The van der Waals surface area contributed by atoms with Gasteiger partial charge in [-0.3, -0.25) is 9.48 Å². The van der Waals surface area contributed by atoms with Gasteiger partial charge < -0.3 is 0 Å². The minimum Gasteiger partial charge on any atom is -0.297 e. The van der Waals surface area contributed by atoms with Crippen LogP contribution in [-0.2, 0) is 6.54 Å². The van der Waals surface area contributed by atoms with Crippen molar-refractivity contribution in [2.75, 3.05) is 0 Å². The predicted octanol–water partition coefficient (Wildman–Crippen LogP) is 2.57. The summed E-state index contributed by atoms with van der Waals surface area (Å²) in [6, 6.07) is 3.77. The van der Waals surface area contributed by atoms with E-state index in [4.69, 9.17) is 0 Å². The number of carbonyl (C=O) groups excluding carboxylic acids is 1. The predicted molar refractivity (Wildman–Crippen MR) is 58.7 cm³/mol. The molecule has 0 saturated carbocycles. The zero-order valence-electron chi connectivity index (χ0n) is 7.18. The molecule has 0 radical (unpaired) electrons. The van der Waals surface area contributed by atoms with Gasteiger partial charge >= 0.3 is 0 Å². The Bertz CT molecular complexity index is 449. The molecule has 0 fully saturated rings. The van der Waals surface area contributed by atoms with E-state index in [2.05, 4.69) is 21.0 Å². The van der Waals surface area contributed by atoms with E-state index in [1.807, 2.05) is 23.0 Å². The molecule has 0 saturated heterocycles. The van der Waals surface area contributed by atoms with Crippen LogP contribution in [0.15, 0.2) is 29.0 Å². The molecule has 5 heteroatoms. The highest BCUT2D eigenvalue weighted by Crippen LogP contribution is 2.16. The molecule has 0 N–H and O–H groups in total. The molecule has 0 aliphatic heterocycles. The normalized spacial score (nSPS) is 10.4. The number of hydrogen-bond acceptors (Lipinski definition) is 3. The van der Waals surface area contributed by atoms with Gasteiger partial charge in [0, 0.05) is 11.1 Å². The van der Waals surface area contributed by atoms with Crippen molar-refractivity contribution in [3.63, 3.8) is 0 Å². The van der Waals surface area contributed by atoms with E-state index in [1.165, 1.54) is 11.3 Å². The van der Waals surface area contributed by atoms with Gasteiger partial charge in [-0.2, -0.15) is 5.10 Å². The molecule has 2 heterocycles. The maximum atomic E-state index is 10.5. The summed E-state index contributed by atoms with van der Waals surface area (Å²) < 4.78 is 2.79. The number of carbonyl (C=O) groups is 1. The van der Waals surface area contributed by atoms with Crippen LogP contribution < -0.4 is 0 Å². The van der Waals surface area contributed by atoms with Crippen LogP contribution in [0.4, 0.5) is 0 Å². The summed E-state index contributed by atoms with van der Waals surface area (Å²) in [5.41, 5.74) is 0. The molecule has 2 aromatic heterocycles. The summed E-state index contributed by atoms with van der Waals surface area (Å²) in [5.74, 6) is 0. The first kappa shape index (κ1) is 9.61. The summed E-state index contributed by atoms with van der Waals surface area (Å²) in [7, 11) is 0. The van der Waals surface area contributed by atoms with E-state index in [1.54, 1.807) is 6.20 Å². The molecule has 0 aromatic carbocycles. The van der Waals surface area contributed by atoms with Crippen LogP contribution in [0.2, 0.25) is 0 Å². The number of aldehydes is 1. The Labute approximate surface area is 93.5 Å². The maximum Gasteiger partial charge on any atom is 0.160 e. The Balaban J connectivity index is 2.14. The highest BCUT2D eigenvalue weighted by molar-refractivity contribution is 9.10. The van der Waals surface area contributed by atoms with Crippen LogP contribution in [0.5, 0.6) is 0 Å². The topological polar surface area (TPSA) is 34.9 Å². The van der Waals surface area contributed by atoms with Crippen molar-refractivity contribution in [2.24, 2.45) is 0 Å². The largest absolute Gasteiger partial charge is 0.297 e.